The van der Waals surface area contributed by atoms with Gasteiger partial charge in [0, 0.05) is 23.9 Å². The zero-order valence-electron chi connectivity index (χ0n) is 5.91. The molecule has 2 rings (SSSR count). The van der Waals surface area contributed by atoms with Crippen molar-refractivity contribution in [1.29, 1.82) is 0 Å². The first kappa shape index (κ1) is 8.65. The number of halogens is 1. The second-order valence-corrected chi connectivity index (χ2v) is 4.95. The van der Waals surface area contributed by atoms with Gasteiger partial charge in [0.1, 0.15) is 5.75 Å². The average molecular weight is 308 g/mol. The first-order valence-electron chi connectivity index (χ1n) is 3.28. The van der Waals surface area contributed by atoms with Crippen molar-refractivity contribution in [3.63, 3.8) is 0 Å². The molecular formula is C8H5IOS2. The summed E-state index contributed by atoms with van der Waals surface area (Å²) in [6, 6.07) is 3.79. The molecule has 0 atom stereocenters. The Morgan fingerprint density at radius 2 is 2.17 bits per heavy atom. The summed E-state index contributed by atoms with van der Waals surface area (Å²) in [6.45, 7) is 0. The molecule has 4 heteroatoms. The van der Waals surface area contributed by atoms with E-state index in [1.807, 2.05) is 17.5 Å². The predicted octanol–water partition coefficient (Wildman–Crippen LogP) is 3.50. The highest BCUT2D eigenvalue weighted by molar-refractivity contribution is 14.1. The Bertz CT molecular complexity index is 436. The number of thiophene rings is 1. The predicted molar refractivity (Wildman–Crippen MR) is 63.5 cm³/mol. The SMILES string of the molecule is Oc1c(S)ccc2scc(I)c12. The zero-order valence-corrected chi connectivity index (χ0v) is 9.78. The number of hydrogen-bond donors (Lipinski definition) is 2. The van der Waals surface area contributed by atoms with Crippen LogP contribution in [0.2, 0.25) is 0 Å². The molecule has 1 aromatic carbocycles. The van der Waals surface area contributed by atoms with Gasteiger partial charge in [-0.2, -0.15) is 0 Å². The first-order valence-corrected chi connectivity index (χ1v) is 5.68. The van der Waals surface area contributed by atoms with Crippen LogP contribution >= 0.6 is 46.6 Å². The first-order chi connectivity index (χ1) is 5.70. The number of fused-ring (bicyclic) bond motifs is 1. The minimum atomic E-state index is 0.293. The number of hydrogen-bond acceptors (Lipinski definition) is 3. The number of aromatic hydroxyl groups is 1. The average Bonchev–Trinajstić information content (AvgIpc) is 2.41. The summed E-state index contributed by atoms with van der Waals surface area (Å²) in [6.07, 6.45) is 0. The second-order valence-electron chi connectivity index (χ2n) is 2.39. The van der Waals surface area contributed by atoms with E-state index in [1.165, 1.54) is 0 Å². The topological polar surface area (TPSA) is 20.2 Å². The third-order valence-electron chi connectivity index (χ3n) is 1.65. The maximum absolute atomic E-state index is 9.65. The van der Waals surface area contributed by atoms with Crippen LogP contribution in [-0.2, 0) is 0 Å². The molecule has 1 nitrogen and oxygen atoms in total. The largest absolute Gasteiger partial charge is 0.506 e. The molecule has 0 unspecified atom stereocenters. The van der Waals surface area contributed by atoms with E-state index >= 15 is 0 Å². The van der Waals surface area contributed by atoms with Crippen molar-refractivity contribution < 1.29 is 5.11 Å². The van der Waals surface area contributed by atoms with Gasteiger partial charge in [0.15, 0.2) is 0 Å². The monoisotopic (exact) mass is 308 g/mol. The van der Waals surface area contributed by atoms with Gasteiger partial charge in [-0.15, -0.1) is 24.0 Å². The van der Waals surface area contributed by atoms with Crippen LogP contribution in [0.15, 0.2) is 22.4 Å². The van der Waals surface area contributed by atoms with Crippen molar-refractivity contribution in [2.45, 2.75) is 4.90 Å². The molecule has 0 fully saturated rings. The van der Waals surface area contributed by atoms with Crippen LogP contribution in [0.1, 0.15) is 0 Å². The van der Waals surface area contributed by atoms with Crippen molar-refractivity contribution in [2.24, 2.45) is 0 Å². The number of rotatable bonds is 0. The summed E-state index contributed by atoms with van der Waals surface area (Å²) >= 11 is 7.99. The number of phenolic OH excluding ortho intramolecular Hbond substituents is 1. The number of benzene rings is 1. The fourth-order valence-corrected chi connectivity index (χ4v) is 3.18. The van der Waals surface area contributed by atoms with E-state index in [0.29, 0.717) is 10.6 Å². The van der Waals surface area contributed by atoms with Gasteiger partial charge in [-0.1, -0.05) is 0 Å². The van der Waals surface area contributed by atoms with Crippen LogP contribution in [0.25, 0.3) is 10.1 Å². The van der Waals surface area contributed by atoms with Gasteiger partial charge < -0.3 is 5.11 Å². The lowest BCUT2D eigenvalue weighted by molar-refractivity contribution is 0.469. The summed E-state index contributed by atoms with van der Waals surface area (Å²) in [7, 11) is 0. The van der Waals surface area contributed by atoms with Gasteiger partial charge in [-0.25, -0.2) is 0 Å². The van der Waals surface area contributed by atoms with Crippen molar-refractivity contribution in [3.05, 3.63) is 21.1 Å². The number of thiol groups is 1. The minimum Gasteiger partial charge on any atom is -0.506 e. The van der Waals surface area contributed by atoms with E-state index in [0.717, 1.165) is 13.7 Å². The molecule has 0 saturated carbocycles. The molecule has 12 heavy (non-hydrogen) atoms. The summed E-state index contributed by atoms with van der Waals surface area (Å²) in [4.78, 5) is 0.638. The molecule has 1 N–H and O–H groups in total. The van der Waals surface area contributed by atoms with E-state index in [2.05, 4.69) is 35.2 Å². The van der Waals surface area contributed by atoms with Crippen molar-refractivity contribution in [2.75, 3.05) is 0 Å². The molecule has 0 radical (unpaired) electrons. The van der Waals surface area contributed by atoms with Gasteiger partial charge in [0.05, 0.1) is 0 Å². The van der Waals surface area contributed by atoms with Gasteiger partial charge >= 0.3 is 0 Å². The fourth-order valence-electron chi connectivity index (χ4n) is 1.06. The Balaban J connectivity index is 2.96. The van der Waals surface area contributed by atoms with Gasteiger partial charge in [0.2, 0.25) is 0 Å². The molecule has 0 amide bonds. The molecule has 1 heterocycles. The quantitative estimate of drug-likeness (QED) is 0.564. The number of phenols is 1. The minimum absolute atomic E-state index is 0.293. The molecule has 1 aromatic heterocycles. The Morgan fingerprint density at radius 1 is 1.42 bits per heavy atom. The summed E-state index contributed by atoms with van der Waals surface area (Å²) in [5.41, 5.74) is 0. The lowest BCUT2D eigenvalue weighted by Crippen LogP contribution is -1.72. The van der Waals surface area contributed by atoms with Crippen LogP contribution in [-0.4, -0.2) is 5.11 Å². The standard InChI is InChI=1S/C8H5IOS2/c9-4-3-12-6-2-1-5(11)8(10)7(4)6/h1-3,10-11H. The fraction of sp³-hybridized carbons (Fsp3) is 0. The van der Waals surface area contributed by atoms with Crippen LogP contribution in [0, 0.1) is 3.57 Å². The van der Waals surface area contributed by atoms with Crippen LogP contribution < -0.4 is 0 Å². The van der Waals surface area contributed by atoms with Gasteiger partial charge in [-0.05, 0) is 34.7 Å². The zero-order chi connectivity index (χ0) is 8.72. The summed E-state index contributed by atoms with van der Waals surface area (Å²) in [5, 5.41) is 12.6. The Kier molecular flexibility index (Phi) is 2.22. The molecular weight excluding hydrogens is 303 g/mol. The normalized spacial score (nSPS) is 10.8. The van der Waals surface area contributed by atoms with Crippen LogP contribution in [0.4, 0.5) is 0 Å². The maximum atomic E-state index is 9.65. The lowest BCUT2D eigenvalue weighted by Gasteiger charge is -1.98. The van der Waals surface area contributed by atoms with Crippen molar-refractivity contribution in [1.82, 2.24) is 0 Å². The highest BCUT2D eigenvalue weighted by atomic mass is 127. The highest BCUT2D eigenvalue weighted by Gasteiger charge is 2.08. The van der Waals surface area contributed by atoms with E-state index < -0.39 is 0 Å². The third-order valence-corrected chi connectivity index (χ3v) is 4.23. The lowest BCUT2D eigenvalue weighted by atomic mass is 10.2. The van der Waals surface area contributed by atoms with E-state index in [9.17, 15) is 5.11 Å². The molecule has 0 aliphatic heterocycles. The summed E-state index contributed by atoms with van der Waals surface area (Å²) < 4.78 is 2.19. The second kappa shape index (κ2) is 3.08. The van der Waals surface area contributed by atoms with Gasteiger partial charge in [-0.3, -0.25) is 0 Å². The molecule has 0 spiro atoms. The molecule has 0 bridgehead atoms. The Hall–Kier alpha value is 0.0600. The highest BCUT2D eigenvalue weighted by Crippen LogP contribution is 2.37. The van der Waals surface area contributed by atoms with Crippen molar-refractivity contribution in [3.8, 4) is 5.75 Å². The van der Waals surface area contributed by atoms with E-state index in [4.69, 9.17) is 0 Å². The smallest absolute Gasteiger partial charge is 0.138 e. The Labute approximate surface area is 93.0 Å². The summed E-state index contributed by atoms with van der Waals surface area (Å²) in [5.74, 6) is 0.293. The molecule has 2 aromatic rings. The molecule has 0 aliphatic carbocycles. The van der Waals surface area contributed by atoms with Crippen molar-refractivity contribution >= 4 is 56.6 Å². The maximum Gasteiger partial charge on any atom is 0.138 e. The molecule has 62 valence electrons. The van der Waals surface area contributed by atoms with E-state index in [1.54, 1.807) is 11.3 Å². The van der Waals surface area contributed by atoms with Gasteiger partial charge in [0.25, 0.3) is 0 Å². The molecule has 0 saturated heterocycles. The van der Waals surface area contributed by atoms with E-state index in [-0.39, 0.29) is 0 Å². The third kappa shape index (κ3) is 1.22. The Morgan fingerprint density at radius 3 is 2.92 bits per heavy atom. The van der Waals surface area contributed by atoms with Crippen LogP contribution in [0.3, 0.4) is 0 Å². The molecule has 0 aliphatic rings. The van der Waals surface area contributed by atoms with Crippen LogP contribution in [0.5, 0.6) is 5.75 Å².